The lowest BCUT2D eigenvalue weighted by molar-refractivity contribution is -0.146. The lowest BCUT2D eigenvalue weighted by atomic mass is 10.1. The number of hydrogen-bond acceptors (Lipinski definition) is 5. The molecule has 1 N–H and O–H groups in total. The molecule has 0 aliphatic carbocycles. The van der Waals surface area contributed by atoms with E-state index in [1.54, 1.807) is 36.4 Å². The van der Waals surface area contributed by atoms with Crippen molar-refractivity contribution in [2.45, 2.75) is 19.2 Å². The van der Waals surface area contributed by atoms with Crippen LogP contribution in [0.4, 0.5) is 4.79 Å². The van der Waals surface area contributed by atoms with Crippen LogP contribution in [0, 0.1) is 0 Å². The van der Waals surface area contributed by atoms with Gasteiger partial charge in [0.25, 0.3) is 0 Å². The Morgan fingerprint density at radius 1 is 1.31 bits per heavy atom. The van der Waals surface area contributed by atoms with E-state index in [2.05, 4.69) is 10.3 Å². The maximum Gasteiger partial charge on any atom is 0.318 e. The van der Waals surface area contributed by atoms with Gasteiger partial charge in [0.05, 0.1) is 19.8 Å². The van der Waals surface area contributed by atoms with Crippen LogP contribution in [0.3, 0.4) is 0 Å². The van der Waals surface area contributed by atoms with Gasteiger partial charge in [0, 0.05) is 44.6 Å². The number of carbonyl (C=O) groups is 2. The number of nitrogens with one attached hydrogen (secondary N) is 1. The molecule has 0 radical (unpaired) electrons. The molecule has 1 saturated heterocycles. The standard InChI is InChI=1S/C21H26N4O4/c1-24-14-18(29-15-20(24)26)11-23-21(27)25(12-16-6-5-9-22-10-16)13-17-7-3-4-8-19(17)28-2/h3-10,18H,11-15H2,1-2H3,(H,23,27). The minimum atomic E-state index is -0.229. The summed E-state index contributed by atoms with van der Waals surface area (Å²) in [6.45, 7) is 1.61. The molecule has 0 bridgehead atoms. The first-order valence-electron chi connectivity index (χ1n) is 9.46. The number of rotatable bonds is 7. The van der Waals surface area contributed by atoms with E-state index in [4.69, 9.17) is 9.47 Å². The summed E-state index contributed by atoms with van der Waals surface area (Å²) in [6.07, 6.45) is 3.22. The number of pyridine rings is 1. The molecular formula is C21H26N4O4. The number of para-hydroxylation sites is 1. The third-order valence-corrected chi connectivity index (χ3v) is 4.76. The van der Waals surface area contributed by atoms with Crippen LogP contribution in [0.2, 0.25) is 0 Å². The zero-order chi connectivity index (χ0) is 20.6. The summed E-state index contributed by atoms with van der Waals surface area (Å²) in [7, 11) is 3.35. The molecule has 29 heavy (non-hydrogen) atoms. The lowest BCUT2D eigenvalue weighted by Crippen LogP contribution is -2.50. The number of aromatic nitrogens is 1. The molecule has 1 atom stereocenters. The fourth-order valence-corrected chi connectivity index (χ4v) is 3.15. The van der Waals surface area contributed by atoms with E-state index in [0.29, 0.717) is 26.2 Å². The Morgan fingerprint density at radius 3 is 2.86 bits per heavy atom. The van der Waals surface area contributed by atoms with Crippen LogP contribution in [0.25, 0.3) is 0 Å². The molecule has 8 heteroatoms. The molecule has 1 unspecified atom stereocenters. The van der Waals surface area contributed by atoms with Gasteiger partial charge in [-0.15, -0.1) is 0 Å². The van der Waals surface area contributed by atoms with Gasteiger partial charge in [-0.2, -0.15) is 0 Å². The molecule has 1 aromatic heterocycles. The number of methoxy groups -OCH3 is 1. The van der Waals surface area contributed by atoms with Gasteiger partial charge >= 0.3 is 6.03 Å². The number of morpholine rings is 1. The van der Waals surface area contributed by atoms with Gasteiger partial charge < -0.3 is 24.6 Å². The fraction of sp³-hybridized carbons (Fsp3) is 0.381. The van der Waals surface area contributed by atoms with E-state index in [0.717, 1.165) is 16.9 Å². The van der Waals surface area contributed by atoms with Crippen molar-refractivity contribution in [2.75, 3.05) is 33.9 Å². The highest BCUT2D eigenvalue weighted by Gasteiger charge is 2.25. The Hall–Kier alpha value is -3.13. The van der Waals surface area contributed by atoms with Gasteiger partial charge in [-0.1, -0.05) is 24.3 Å². The summed E-state index contributed by atoms with van der Waals surface area (Å²) in [5.41, 5.74) is 1.84. The summed E-state index contributed by atoms with van der Waals surface area (Å²) in [6, 6.07) is 11.2. The Balaban J connectivity index is 1.68. The average Bonchev–Trinajstić information content (AvgIpc) is 2.75. The molecule has 2 heterocycles. The maximum absolute atomic E-state index is 13.0. The van der Waals surface area contributed by atoms with Gasteiger partial charge in [0.2, 0.25) is 5.91 Å². The van der Waals surface area contributed by atoms with Gasteiger partial charge in [0.1, 0.15) is 12.4 Å². The third kappa shape index (κ3) is 5.68. The number of hydrogen-bond donors (Lipinski definition) is 1. The molecule has 1 aromatic carbocycles. The summed E-state index contributed by atoms with van der Waals surface area (Å²) >= 11 is 0. The molecule has 0 saturated carbocycles. The van der Waals surface area contributed by atoms with E-state index >= 15 is 0 Å². The van der Waals surface area contributed by atoms with Gasteiger partial charge in [-0.25, -0.2) is 4.79 Å². The summed E-state index contributed by atoms with van der Waals surface area (Å²) in [5.74, 6) is 0.675. The Labute approximate surface area is 170 Å². The van der Waals surface area contributed by atoms with E-state index < -0.39 is 0 Å². The molecule has 8 nitrogen and oxygen atoms in total. The quantitative estimate of drug-likeness (QED) is 0.767. The number of carbonyl (C=O) groups excluding carboxylic acids is 2. The zero-order valence-corrected chi connectivity index (χ0v) is 16.7. The number of benzene rings is 1. The maximum atomic E-state index is 13.0. The highest BCUT2D eigenvalue weighted by molar-refractivity contribution is 5.78. The SMILES string of the molecule is COc1ccccc1CN(Cc1cccnc1)C(=O)NCC1CN(C)C(=O)CO1. The smallest absolute Gasteiger partial charge is 0.318 e. The molecule has 2 aromatic rings. The first-order valence-corrected chi connectivity index (χ1v) is 9.46. The number of ether oxygens (including phenoxy) is 2. The predicted octanol–water partition coefficient (Wildman–Crippen LogP) is 1.66. The topological polar surface area (TPSA) is 84.0 Å². The highest BCUT2D eigenvalue weighted by atomic mass is 16.5. The average molecular weight is 398 g/mol. The van der Waals surface area contributed by atoms with Crippen LogP contribution in [0.5, 0.6) is 5.75 Å². The van der Waals surface area contributed by atoms with E-state index in [-0.39, 0.29) is 24.6 Å². The molecule has 0 spiro atoms. The van der Waals surface area contributed by atoms with Crippen molar-refractivity contribution in [1.29, 1.82) is 0 Å². The van der Waals surface area contributed by atoms with Gasteiger partial charge in [-0.05, 0) is 17.7 Å². The van der Waals surface area contributed by atoms with Crippen molar-refractivity contribution in [3.05, 3.63) is 59.9 Å². The second kappa shape index (κ2) is 9.88. The molecule has 1 aliphatic heterocycles. The van der Waals surface area contributed by atoms with E-state index in [9.17, 15) is 9.59 Å². The molecule has 3 rings (SSSR count). The van der Waals surface area contributed by atoms with Gasteiger partial charge in [0.15, 0.2) is 0 Å². The number of likely N-dealkylation sites (N-methyl/N-ethyl adjacent to an activating group) is 1. The first kappa shape index (κ1) is 20.6. The second-order valence-electron chi connectivity index (χ2n) is 6.92. The minimum Gasteiger partial charge on any atom is -0.496 e. The van der Waals surface area contributed by atoms with Crippen LogP contribution >= 0.6 is 0 Å². The lowest BCUT2D eigenvalue weighted by Gasteiger charge is -2.31. The summed E-state index contributed by atoms with van der Waals surface area (Å²) in [4.78, 5) is 31.9. The largest absolute Gasteiger partial charge is 0.496 e. The normalized spacial score (nSPS) is 16.4. The van der Waals surface area contributed by atoms with Crippen LogP contribution in [-0.2, 0) is 22.6 Å². The third-order valence-electron chi connectivity index (χ3n) is 4.76. The Morgan fingerprint density at radius 2 is 2.14 bits per heavy atom. The Bertz CT molecular complexity index is 830. The van der Waals surface area contributed by atoms with Crippen molar-refractivity contribution in [3.63, 3.8) is 0 Å². The van der Waals surface area contributed by atoms with Crippen LogP contribution in [-0.4, -0.2) is 66.7 Å². The minimum absolute atomic E-state index is 0.0393. The Kier molecular flexibility index (Phi) is 7.02. The van der Waals surface area contributed by atoms with Crippen molar-refractivity contribution in [2.24, 2.45) is 0 Å². The second-order valence-corrected chi connectivity index (χ2v) is 6.92. The zero-order valence-electron chi connectivity index (χ0n) is 16.7. The summed E-state index contributed by atoms with van der Waals surface area (Å²) < 4.78 is 10.9. The number of amides is 3. The molecular weight excluding hydrogens is 372 g/mol. The molecule has 1 aliphatic rings. The fourth-order valence-electron chi connectivity index (χ4n) is 3.15. The van der Waals surface area contributed by atoms with E-state index in [1.165, 1.54) is 0 Å². The molecule has 154 valence electrons. The molecule has 3 amide bonds. The van der Waals surface area contributed by atoms with Crippen molar-refractivity contribution in [1.82, 2.24) is 20.1 Å². The van der Waals surface area contributed by atoms with Crippen LogP contribution in [0.1, 0.15) is 11.1 Å². The van der Waals surface area contributed by atoms with Gasteiger partial charge in [-0.3, -0.25) is 9.78 Å². The highest BCUT2D eigenvalue weighted by Crippen LogP contribution is 2.20. The number of urea groups is 1. The predicted molar refractivity (Wildman–Crippen MR) is 107 cm³/mol. The van der Waals surface area contributed by atoms with Crippen LogP contribution < -0.4 is 10.1 Å². The molecule has 1 fully saturated rings. The van der Waals surface area contributed by atoms with Crippen LogP contribution in [0.15, 0.2) is 48.8 Å². The van der Waals surface area contributed by atoms with Crippen molar-refractivity contribution < 1.29 is 19.1 Å². The van der Waals surface area contributed by atoms with Crippen molar-refractivity contribution in [3.8, 4) is 5.75 Å². The summed E-state index contributed by atoms with van der Waals surface area (Å²) in [5, 5.41) is 2.93. The first-order chi connectivity index (χ1) is 14.1. The van der Waals surface area contributed by atoms with Crippen molar-refractivity contribution >= 4 is 11.9 Å². The number of nitrogens with zero attached hydrogens (tertiary/aromatic N) is 3. The van der Waals surface area contributed by atoms with E-state index in [1.807, 2.05) is 36.4 Å². The monoisotopic (exact) mass is 398 g/mol.